The van der Waals surface area contributed by atoms with E-state index in [0.717, 1.165) is 31.6 Å². The molecular weight excluding hydrogens is 398 g/mol. The Morgan fingerprint density at radius 2 is 1.71 bits per heavy atom. The van der Waals surface area contributed by atoms with E-state index >= 15 is 0 Å². The van der Waals surface area contributed by atoms with E-state index in [0.29, 0.717) is 13.2 Å². The molecule has 0 spiro atoms. The van der Waals surface area contributed by atoms with E-state index in [1.807, 2.05) is 18.2 Å². The summed E-state index contributed by atoms with van der Waals surface area (Å²) in [6, 6.07) is 9.96. The van der Waals surface area contributed by atoms with Gasteiger partial charge < -0.3 is 15.2 Å². The van der Waals surface area contributed by atoms with Crippen molar-refractivity contribution in [3.05, 3.63) is 56.0 Å². The molecule has 0 unspecified atom stereocenters. The third kappa shape index (κ3) is 3.99. The lowest BCUT2D eigenvalue weighted by atomic mass is 10.1. The highest BCUT2D eigenvalue weighted by atomic mass is 79.9. The van der Waals surface area contributed by atoms with Gasteiger partial charge in [-0.15, -0.1) is 0 Å². The third-order valence-corrected chi connectivity index (χ3v) is 4.47. The van der Waals surface area contributed by atoms with Gasteiger partial charge in [0.2, 0.25) is 0 Å². The summed E-state index contributed by atoms with van der Waals surface area (Å²) in [6.07, 6.45) is 0. The highest BCUT2D eigenvalue weighted by Gasteiger charge is 2.09. The average Bonchev–Trinajstić information content (AvgIpc) is 2.48. The van der Waals surface area contributed by atoms with E-state index in [2.05, 4.69) is 50.9 Å². The molecule has 2 aromatic rings. The summed E-state index contributed by atoms with van der Waals surface area (Å²) in [5.41, 5.74) is 9.10. The molecule has 0 aliphatic heterocycles. The fourth-order valence-electron chi connectivity index (χ4n) is 1.98. The lowest BCUT2D eigenvalue weighted by molar-refractivity contribution is 0.302. The summed E-state index contributed by atoms with van der Waals surface area (Å²) in [5, 5.41) is 0. The Morgan fingerprint density at radius 3 is 2.33 bits per heavy atom. The number of benzene rings is 2. The molecule has 0 bridgehead atoms. The van der Waals surface area contributed by atoms with Gasteiger partial charge >= 0.3 is 0 Å². The molecule has 0 heterocycles. The monoisotopic (exact) mass is 413 g/mol. The van der Waals surface area contributed by atoms with Crippen molar-refractivity contribution in [3.8, 4) is 11.5 Å². The van der Waals surface area contributed by atoms with Crippen LogP contribution in [0.25, 0.3) is 0 Å². The van der Waals surface area contributed by atoms with Gasteiger partial charge in [-0.3, -0.25) is 0 Å². The summed E-state index contributed by atoms with van der Waals surface area (Å²) >= 11 is 6.96. The predicted molar refractivity (Wildman–Crippen MR) is 91.8 cm³/mol. The number of halogens is 2. The normalized spacial score (nSPS) is 10.5. The quantitative estimate of drug-likeness (QED) is 0.779. The Bertz CT molecular complexity index is 644. The maximum absolute atomic E-state index is 5.89. The molecule has 5 heteroatoms. The number of methoxy groups -OCH3 is 1. The van der Waals surface area contributed by atoms with E-state index < -0.39 is 0 Å². The zero-order valence-corrected chi connectivity index (χ0v) is 15.1. The van der Waals surface area contributed by atoms with Crippen molar-refractivity contribution in [2.45, 2.75) is 20.1 Å². The molecule has 0 fully saturated rings. The predicted octanol–water partition coefficient (Wildman–Crippen LogP) is 4.57. The van der Waals surface area contributed by atoms with Gasteiger partial charge in [-0.2, -0.15) is 0 Å². The highest BCUT2D eigenvalue weighted by Crippen LogP contribution is 2.36. The third-order valence-electron chi connectivity index (χ3n) is 3.23. The van der Waals surface area contributed by atoms with Gasteiger partial charge in [-0.1, -0.05) is 18.2 Å². The van der Waals surface area contributed by atoms with Gasteiger partial charge in [-0.25, -0.2) is 0 Å². The molecule has 0 saturated heterocycles. The van der Waals surface area contributed by atoms with Crippen molar-refractivity contribution in [1.82, 2.24) is 0 Å². The Hall–Kier alpha value is -1.04. The van der Waals surface area contributed by atoms with Crippen LogP contribution < -0.4 is 15.2 Å². The molecule has 2 N–H and O–H groups in total. The lowest BCUT2D eigenvalue weighted by Gasteiger charge is -2.13. The maximum Gasteiger partial charge on any atom is 0.135 e. The molecule has 0 amide bonds. The molecule has 3 nitrogen and oxygen atoms in total. The number of aryl methyl sites for hydroxylation is 1. The zero-order chi connectivity index (χ0) is 15.4. The second kappa shape index (κ2) is 7.29. The Balaban J connectivity index is 2.15. The Kier molecular flexibility index (Phi) is 5.67. The summed E-state index contributed by atoms with van der Waals surface area (Å²) < 4.78 is 12.9. The molecule has 112 valence electrons. The van der Waals surface area contributed by atoms with Crippen LogP contribution in [0.5, 0.6) is 11.5 Å². The summed E-state index contributed by atoms with van der Waals surface area (Å²) in [5.74, 6) is 1.53. The van der Waals surface area contributed by atoms with Gasteiger partial charge in [0.15, 0.2) is 0 Å². The standard InChI is InChI=1S/C16H17Br2NO2/c1-10-5-11(8-19)3-4-12(10)9-21-16-7-13(17)15(20-2)6-14(16)18/h3-7H,8-9,19H2,1-2H3. The summed E-state index contributed by atoms with van der Waals surface area (Å²) in [4.78, 5) is 0. The second-order valence-electron chi connectivity index (χ2n) is 4.67. The van der Waals surface area contributed by atoms with E-state index in [1.165, 1.54) is 5.56 Å². The highest BCUT2D eigenvalue weighted by molar-refractivity contribution is 9.11. The fraction of sp³-hybridized carbons (Fsp3) is 0.250. The smallest absolute Gasteiger partial charge is 0.135 e. The Morgan fingerprint density at radius 1 is 1.05 bits per heavy atom. The first-order valence-electron chi connectivity index (χ1n) is 6.49. The van der Waals surface area contributed by atoms with E-state index in [-0.39, 0.29) is 0 Å². The van der Waals surface area contributed by atoms with Crippen LogP contribution in [0.4, 0.5) is 0 Å². The molecule has 0 saturated carbocycles. The molecule has 0 aliphatic carbocycles. The number of rotatable bonds is 5. The molecule has 0 aliphatic rings. The summed E-state index contributed by atoms with van der Waals surface area (Å²) in [6.45, 7) is 3.13. The van der Waals surface area contributed by atoms with Gasteiger partial charge in [0.05, 0.1) is 16.1 Å². The van der Waals surface area contributed by atoms with E-state index in [1.54, 1.807) is 7.11 Å². The average molecular weight is 415 g/mol. The van der Waals surface area contributed by atoms with Gasteiger partial charge in [0.25, 0.3) is 0 Å². The molecule has 0 aromatic heterocycles. The largest absolute Gasteiger partial charge is 0.496 e. The number of nitrogens with two attached hydrogens (primary N) is 1. The van der Waals surface area contributed by atoms with Crippen LogP contribution in [0.2, 0.25) is 0 Å². The van der Waals surface area contributed by atoms with Crippen LogP contribution >= 0.6 is 31.9 Å². The van der Waals surface area contributed by atoms with Gasteiger partial charge in [-0.05, 0) is 67.6 Å². The zero-order valence-electron chi connectivity index (χ0n) is 12.0. The lowest BCUT2D eigenvalue weighted by Crippen LogP contribution is -2.02. The SMILES string of the molecule is COc1cc(Br)c(OCc2ccc(CN)cc2C)cc1Br. The van der Waals surface area contributed by atoms with Gasteiger partial charge in [0.1, 0.15) is 18.1 Å². The second-order valence-corrected chi connectivity index (χ2v) is 6.38. The molecule has 0 radical (unpaired) electrons. The van der Waals surface area contributed by atoms with Crippen LogP contribution in [0.15, 0.2) is 39.3 Å². The minimum atomic E-state index is 0.508. The van der Waals surface area contributed by atoms with Crippen LogP contribution in [-0.2, 0) is 13.2 Å². The van der Waals surface area contributed by atoms with Crippen molar-refractivity contribution >= 4 is 31.9 Å². The van der Waals surface area contributed by atoms with Crippen molar-refractivity contribution < 1.29 is 9.47 Å². The first-order chi connectivity index (χ1) is 10.0. The van der Waals surface area contributed by atoms with Crippen LogP contribution in [0.1, 0.15) is 16.7 Å². The molecule has 21 heavy (non-hydrogen) atoms. The van der Waals surface area contributed by atoms with E-state index in [9.17, 15) is 0 Å². The van der Waals surface area contributed by atoms with Crippen LogP contribution in [0.3, 0.4) is 0 Å². The van der Waals surface area contributed by atoms with Crippen molar-refractivity contribution in [2.75, 3.05) is 7.11 Å². The maximum atomic E-state index is 5.89. The van der Waals surface area contributed by atoms with Crippen LogP contribution in [0, 0.1) is 6.92 Å². The fourth-order valence-corrected chi connectivity index (χ4v) is 2.90. The van der Waals surface area contributed by atoms with E-state index in [4.69, 9.17) is 15.2 Å². The molecule has 2 aromatic carbocycles. The molecule has 2 rings (SSSR count). The topological polar surface area (TPSA) is 44.5 Å². The van der Waals surface area contributed by atoms with Crippen molar-refractivity contribution in [1.29, 1.82) is 0 Å². The first kappa shape index (κ1) is 16.3. The molecule has 0 atom stereocenters. The molecular formula is C16H17Br2NO2. The first-order valence-corrected chi connectivity index (χ1v) is 8.08. The number of ether oxygens (including phenoxy) is 2. The van der Waals surface area contributed by atoms with Crippen LogP contribution in [-0.4, -0.2) is 7.11 Å². The van der Waals surface area contributed by atoms with Crippen molar-refractivity contribution in [3.63, 3.8) is 0 Å². The minimum Gasteiger partial charge on any atom is -0.496 e. The number of hydrogen-bond acceptors (Lipinski definition) is 3. The number of hydrogen-bond donors (Lipinski definition) is 1. The summed E-state index contributed by atoms with van der Waals surface area (Å²) in [7, 11) is 1.63. The van der Waals surface area contributed by atoms with Crippen molar-refractivity contribution in [2.24, 2.45) is 5.73 Å². The van der Waals surface area contributed by atoms with Gasteiger partial charge in [0, 0.05) is 6.54 Å². The Labute approximate surface area is 141 Å². The minimum absolute atomic E-state index is 0.508.